The van der Waals surface area contributed by atoms with Crippen LogP contribution in [-0.4, -0.2) is 108 Å². The van der Waals surface area contributed by atoms with Crippen LogP contribution in [0.5, 0.6) is 11.5 Å². The van der Waals surface area contributed by atoms with Crippen molar-refractivity contribution in [3.8, 4) is 17.6 Å². The predicted molar refractivity (Wildman–Crippen MR) is 234 cm³/mol. The molecule has 1 N–H and O–H groups in total. The molecule has 4 amide bonds. The summed E-state index contributed by atoms with van der Waals surface area (Å²) in [7, 11) is 2.17. The van der Waals surface area contributed by atoms with Gasteiger partial charge in [-0.25, -0.2) is 9.97 Å². The van der Waals surface area contributed by atoms with Crippen LogP contribution in [0.15, 0.2) is 66.9 Å². The Balaban J connectivity index is 0.794. The van der Waals surface area contributed by atoms with Gasteiger partial charge < -0.3 is 19.3 Å². The molecule has 0 radical (unpaired) electrons. The smallest absolute Gasteiger partial charge is 0.262 e. The Bertz CT molecular complexity index is 2430. The fourth-order valence-corrected chi connectivity index (χ4v) is 9.06. The van der Waals surface area contributed by atoms with Gasteiger partial charge in [0, 0.05) is 62.5 Å². The van der Waals surface area contributed by atoms with Gasteiger partial charge in [0.15, 0.2) is 5.75 Å². The number of anilines is 2. The van der Waals surface area contributed by atoms with E-state index in [1.807, 2.05) is 48.5 Å². The first-order valence-electron chi connectivity index (χ1n) is 20.9. The van der Waals surface area contributed by atoms with Gasteiger partial charge in [0.25, 0.3) is 11.8 Å². The number of hydrogen-bond donors (Lipinski definition) is 1. The SMILES string of the molecule is CN(CC1CCN(c2nccc(COc3ccc(C(C)(C)c4cc(Cl)c(OCCCl)c(C#N)c4)cc3)n2)CC1)C1CN(c2ccc3c(c2)C(=O)N(C2CCC(=O)NC2=O)C3=O)C1. The molecule has 4 aliphatic heterocycles. The van der Waals surface area contributed by atoms with Gasteiger partial charge in [0.2, 0.25) is 17.8 Å². The molecule has 4 aromatic rings. The first kappa shape index (κ1) is 42.9. The Labute approximate surface area is 370 Å². The highest BCUT2D eigenvalue weighted by Crippen LogP contribution is 2.39. The first-order chi connectivity index (χ1) is 29.8. The molecule has 8 rings (SSSR count). The Morgan fingerprint density at radius 3 is 2.37 bits per heavy atom. The maximum atomic E-state index is 13.3. The van der Waals surface area contributed by atoms with Crippen molar-refractivity contribution in [2.24, 2.45) is 5.92 Å². The summed E-state index contributed by atoms with van der Waals surface area (Å²) in [6, 6.07) is 20.3. The summed E-state index contributed by atoms with van der Waals surface area (Å²) < 4.78 is 11.8. The molecule has 14 nitrogen and oxygen atoms in total. The normalized spacial score (nSPS) is 18.5. The van der Waals surface area contributed by atoms with E-state index in [0.29, 0.717) is 58.0 Å². The molecule has 1 atom stereocenters. The molecule has 0 bridgehead atoms. The summed E-state index contributed by atoms with van der Waals surface area (Å²) in [6.07, 6.45) is 4.04. The molecule has 62 heavy (non-hydrogen) atoms. The Morgan fingerprint density at radius 1 is 0.919 bits per heavy atom. The zero-order valence-electron chi connectivity index (χ0n) is 34.9. The number of nitrogens with one attached hydrogen (secondary N) is 1. The molecule has 1 aromatic heterocycles. The number of hydrogen-bond acceptors (Lipinski definition) is 12. The zero-order valence-corrected chi connectivity index (χ0v) is 36.4. The highest BCUT2D eigenvalue weighted by molar-refractivity contribution is 6.32. The molecule has 0 saturated carbocycles. The predicted octanol–water partition coefficient (Wildman–Crippen LogP) is 5.96. The fraction of sp³-hybridized carbons (Fsp3) is 0.413. The number of piperidine rings is 2. The molecule has 3 saturated heterocycles. The molecule has 0 spiro atoms. The number of ether oxygens (including phenoxy) is 2. The summed E-state index contributed by atoms with van der Waals surface area (Å²) in [6.45, 7) is 9.01. The van der Waals surface area contributed by atoms with E-state index in [4.69, 9.17) is 37.7 Å². The quantitative estimate of drug-likeness (QED) is 0.117. The van der Waals surface area contributed by atoms with Crippen LogP contribution in [0.1, 0.15) is 82.6 Å². The van der Waals surface area contributed by atoms with Crippen LogP contribution in [0.3, 0.4) is 0 Å². The van der Waals surface area contributed by atoms with E-state index in [2.05, 4.69) is 52.0 Å². The maximum Gasteiger partial charge on any atom is 0.262 e. The van der Waals surface area contributed by atoms with E-state index in [0.717, 1.165) is 73.0 Å². The lowest BCUT2D eigenvalue weighted by Crippen LogP contribution is -2.59. The monoisotopic (exact) mass is 878 g/mol. The van der Waals surface area contributed by atoms with Crippen molar-refractivity contribution in [2.75, 3.05) is 62.1 Å². The van der Waals surface area contributed by atoms with Gasteiger partial charge in [0.1, 0.15) is 31.1 Å². The number of halogens is 2. The van der Waals surface area contributed by atoms with Crippen molar-refractivity contribution < 1.29 is 28.7 Å². The molecule has 1 unspecified atom stereocenters. The molecule has 3 fully saturated rings. The third-order valence-electron chi connectivity index (χ3n) is 12.6. The molecular formula is C46H48Cl2N8O6. The van der Waals surface area contributed by atoms with E-state index in [-0.39, 0.29) is 25.0 Å². The van der Waals surface area contributed by atoms with E-state index < -0.39 is 35.1 Å². The van der Waals surface area contributed by atoms with E-state index >= 15 is 0 Å². The largest absolute Gasteiger partial charge is 0.489 e. The molecule has 0 aliphatic carbocycles. The zero-order chi connectivity index (χ0) is 43.7. The van der Waals surface area contributed by atoms with Crippen LogP contribution in [0.4, 0.5) is 11.6 Å². The standard InChI is InChI=1S/C46H48Cl2N8O6/c1-46(2,31-20-29(23-49)41(38(48)21-31)61-19-15-47)30-4-7-35(8-5-30)62-27-32-12-16-50-45(51-32)54-17-13-28(14-18-54)24-53(3)34-25-55(26-34)33-6-9-36-37(22-33)44(60)56(43(36)59)39-10-11-40(57)52-42(39)58/h4-9,12,16,20-22,28,34,39H,10-11,13-15,17-19,24-27H2,1-3H3,(H,52,57,58). The molecule has 4 aliphatic rings. The van der Waals surface area contributed by atoms with Crippen LogP contribution < -0.4 is 24.6 Å². The number of amides is 4. The highest BCUT2D eigenvalue weighted by atomic mass is 35.5. The number of nitriles is 1. The first-order valence-corrected chi connectivity index (χ1v) is 21.8. The molecule has 16 heteroatoms. The second-order valence-electron chi connectivity index (χ2n) is 16.9. The van der Waals surface area contributed by atoms with Crippen molar-refractivity contribution in [2.45, 2.75) is 63.6 Å². The number of fused-ring (bicyclic) bond motifs is 1. The number of benzene rings is 3. The summed E-state index contributed by atoms with van der Waals surface area (Å²) >= 11 is 12.3. The average molecular weight is 880 g/mol. The third kappa shape index (κ3) is 8.66. The van der Waals surface area contributed by atoms with Gasteiger partial charge in [-0.15, -0.1) is 11.6 Å². The van der Waals surface area contributed by atoms with E-state index in [9.17, 15) is 24.4 Å². The van der Waals surface area contributed by atoms with Gasteiger partial charge in [0.05, 0.1) is 33.3 Å². The second kappa shape index (κ2) is 17.9. The van der Waals surface area contributed by atoms with Gasteiger partial charge in [-0.1, -0.05) is 37.6 Å². The number of alkyl halides is 1. The van der Waals surface area contributed by atoms with Crippen molar-refractivity contribution in [3.63, 3.8) is 0 Å². The Morgan fingerprint density at radius 2 is 1.66 bits per heavy atom. The molecular weight excluding hydrogens is 831 g/mol. The summed E-state index contributed by atoms with van der Waals surface area (Å²) in [5.74, 6) is 0.589. The number of likely N-dealkylation sites (N-methyl/N-ethyl adjacent to an activating group) is 1. The average Bonchev–Trinajstić information content (AvgIpc) is 3.49. The summed E-state index contributed by atoms with van der Waals surface area (Å²) in [4.78, 5) is 67.8. The third-order valence-corrected chi connectivity index (χ3v) is 13.0. The number of imide groups is 2. The van der Waals surface area contributed by atoms with Crippen LogP contribution in [0.2, 0.25) is 5.02 Å². The summed E-state index contributed by atoms with van der Waals surface area (Å²) in [5.41, 5.74) is 4.08. The lowest BCUT2D eigenvalue weighted by Gasteiger charge is -2.47. The number of nitrogens with zero attached hydrogens (tertiary/aromatic N) is 7. The van der Waals surface area contributed by atoms with Crippen LogP contribution in [-0.2, 0) is 21.6 Å². The van der Waals surface area contributed by atoms with Crippen LogP contribution >= 0.6 is 23.2 Å². The van der Waals surface area contributed by atoms with Gasteiger partial charge in [-0.3, -0.25) is 34.3 Å². The lowest BCUT2D eigenvalue weighted by molar-refractivity contribution is -0.136. The number of carbonyl (C=O) groups excluding carboxylic acids is 4. The van der Waals surface area contributed by atoms with Gasteiger partial charge in [-0.05, 0) is 91.9 Å². The van der Waals surface area contributed by atoms with Crippen LogP contribution in [0, 0.1) is 17.2 Å². The Kier molecular flexibility index (Phi) is 12.4. The highest BCUT2D eigenvalue weighted by Gasteiger charge is 2.45. The minimum Gasteiger partial charge on any atom is -0.489 e. The van der Waals surface area contributed by atoms with Crippen molar-refractivity contribution in [3.05, 3.63) is 105 Å². The minimum atomic E-state index is -0.979. The molecule has 322 valence electrons. The van der Waals surface area contributed by atoms with Crippen molar-refractivity contribution in [1.82, 2.24) is 25.1 Å². The van der Waals surface area contributed by atoms with Gasteiger partial charge >= 0.3 is 0 Å². The minimum absolute atomic E-state index is 0.0871. The number of carbonyl (C=O) groups is 4. The Hall–Kier alpha value is -5.75. The molecule has 3 aromatic carbocycles. The van der Waals surface area contributed by atoms with Crippen LogP contribution in [0.25, 0.3) is 0 Å². The molecule has 5 heterocycles. The number of aromatic nitrogens is 2. The second-order valence-corrected chi connectivity index (χ2v) is 17.7. The van der Waals surface area contributed by atoms with E-state index in [1.165, 1.54) is 0 Å². The fourth-order valence-electron chi connectivity index (χ4n) is 8.71. The maximum absolute atomic E-state index is 13.3. The van der Waals surface area contributed by atoms with Gasteiger partial charge in [-0.2, -0.15) is 5.26 Å². The van der Waals surface area contributed by atoms with E-state index in [1.54, 1.807) is 18.3 Å². The number of rotatable bonds is 14. The topological polar surface area (TPSA) is 161 Å². The summed E-state index contributed by atoms with van der Waals surface area (Å²) in [5, 5.41) is 12.4. The van der Waals surface area contributed by atoms with Crippen molar-refractivity contribution >= 4 is 58.5 Å². The van der Waals surface area contributed by atoms with Crippen molar-refractivity contribution in [1.29, 1.82) is 5.26 Å². The lowest BCUT2D eigenvalue weighted by atomic mass is 9.77.